The smallest absolute Gasteiger partial charge is 0.237 e. The van der Waals surface area contributed by atoms with Crippen molar-refractivity contribution in [3.63, 3.8) is 0 Å². The van der Waals surface area contributed by atoms with Crippen LogP contribution < -0.4 is 15.4 Å². The molecule has 2 unspecified atom stereocenters. The highest BCUT2D eigenvalue weighted by Crippen LogP contribution is 2.37. The van der Waals surface area contributed by atoms with Crippen molar-refractivity contribution < 1.29 is 22.7 Å². The Morgan fingerprint density at radius 2 is 2.03 bits per heavy atom. The molecule has 1 aliphatic rings. The minimum absolute atomic E-state index is 0.0872. The zero-order valence-corrected chi connectivity index (χ0v) is 18.6. The quantitative estimate of drug-likeness (QED) is 0.675. The summed E-state index contributed by atoms with van der Waals surface area (Å²) in [5.41, 5.74) is 1.34. The summed E-state index contributed by atoms with van der Waals surface area (Å²) in [7, 11) is -2.14. The van der Waals surface area contributed by atoms with Gasteiger partial charge in [-0.15, -0.1) is 11.8 Å². The zero-order valence-electron chi connectivity index (χ0n) is 17.0. The lowest BCUT2D eigenvalue weighted by Gasteiger charge is -2.22. The zero-order chi connectivity index (χ0) is 21.9. The largest absolute Gasteiger partial charge is 0.497 e. The number of carbonyl (C=O) groups is 2. The standard InChI is InChI=1S/C21H24N2O5S2/c1-13(20(24)22-11-15-5-4-6-16(9-15)28-3)12-30(26,27)17-7-8-19-18(10-17)23-21(25)14(2)29-19/h4-10,13-14H,11-12H2,1-3H3,(H,22,24)(H,23,25). The van der Waals surface area contributed by atoms with Gasteiger partial charge in [0.1, 0.15) is 5.75 Å². The Morgan fingerprint density at radius 1 is 1.27 bits per heavy atom. The molecule has 1 aliphatic heterocycles. The van der Waals surface area contributed by atoms with E-state index in [-0.39, 0.29) is 34.3 Å². The Hall–Kier alpha value is -2.52. The highest BCUT2D eigenvalue weighted by Gasteiger charge is 2.27. The maximum atomic E-state index is 12.8. The van der Waals surface area contributed by atoms with Gasteiger partial charge in [-0.05, 0) is 42.8 Å². The van der Waals surface area contributed by atoms with Crippen molar-refractivity contribution in [1.82, 2.24) is 5.32 Å². The molecule has 0 bridgehead atoms. The van der Waals surface area contributed by atoms with Gasteiger partial charge < -0.3 is 15.4 Å². The predicted octanol–water partition coefficient (Wildman–Crippen LogP) is 2.85. The summed E-state index contributed by atoms with van der Waals surface area (Å²) < 4.78 is 30.8. The van der Waals surface area contributed by atoms with Gasteiger partial charge in [-0.2, -0.15) is 0 Å². The molecule has 0 aliphatic carbocycles. The predicted molar refractivity (Wildman–Crippen MR) is 116 cm³/mol. The summed E-state index contributed by atoms with van der Waals surface area (Å²) in [6.45, 7) is 3.65. The SMILES string of the molecule is COc1cccc(CNC(=O)C(C)CS(=O)(=O)c2ccc3c(c2)NC(=O)C(C)S3)c1. The fourth-order valence-corrected chi connectivity index (χ4v) is 5.53. The van der Waals surface area contributed by atoms with E-state index in [2.05, 4.69) is 10.6 Å². The van der Waals surface area contributed by atoms with Crippen LogP contribution in [0.4, 0.5) is 5.69 Å². The van der Waals surface area contributed by atoms with E-state index < -0.39 is 15.8 Å². The van der Waals surface area contributed by atoms with Crippen molar-refractivity contribution >= 4 is 39.1 Å². The summed E-state index contributed by atoms with van der Waals surface area (Å²) in [6, 6.07) is 12.0. The topological polar surface area (TPSA) is 102 Å². The molecule has 0 saturated carbocycles. The molecule has 0 spiro atoms. The minimum atomic E-state index is -3.70. The molecule has 2 atom stereocenters. The number of hydrogen-bond donors (Lipinski definition) is 2. The Morgan fingerprint density at radius 3 is 2.77 bits per heavy atom. The maximum Gasteiger partial charge on any atom is 0.237 e. The molecular formula is C21H24N2O5S2. The summed E-state index contributed by atoms with van der Waals surface area (Å²) in [5, 5.41) is 5.27. The molecule has 2 aromatic carbocycles. The molecule has 2 amide bonds. The maximum absolute atomic E-state index is 12.8. The van der Waals surface area contributed by atoms with Crippen LogP contribution in [0.25, 0.3) is 0 Å². The first-order valence-corrected chi connectivity index (χ1v) is 12.0. The third kappa shape index (κ3) is 5.14. The fourth-order valence-electron chi connectivity index (χ4n) is 3.03. The van der Waals surface area contributed by atoms with Crippen molar-refractivity contribution in [2.24, 2.45) is 5.92 Å². The van der Waals surface area contributed by atoms with Crippen molar-refractivity contribution in [1.29, 1.82) is 0 Å². The first-order chi connectivity index (χ1) is 14.2. The average molecular weight is 449 g/mol. The van der Waals surface area contributed by atoms with Crippen LogP contribution in [0.5, 0.6) is 5.75 Å². The molecule has 3 rings (SSSR count). The third-order valence-corrected chi connectivity index (χ3v) is 7.85. The second-order valence-corrected chi connectivity index (χ2v) is 10.6. The van der Waals surface area contributed by atoms with Gasteiger partial charge in [0, 0.05) is 17.4 Å². The highest BCUT2D eigenvalue weighted by molar-refractivity contribution is 8.01. The van der Waals surface area contributed by atoms with E-state index in [0.29, 0.717) is 11.4 Å². The van der Waals surface area contributed by atoms with E-state index in [0.717, 1.165) is 10.5 Å². The summed E-state index contributed by atoms with van der Waals surface area (Å²) in [5.74, 6) is -0.887. The number of ether oxygens (including phenoxy) is 1. The molecule has 0 fully saturated rings. The summed E-state index contributed by atoms with van der Waals surface area (Å²) in [4.78, 5) is 25.2. The normalized spacial score (nSPS) is 16.9. The Labute approximate surface area is 180 Å². The lowest BCUT2D eigenvalue weighted by Crippen LogP contribution is -2.33. The van der Waals surface area contributed by atoms with Crippen molar-refractivity contribution in [3.05, 3.63) is 48.0 Å². The number of nitrogens with one attached hydrogen (secondary N) is 2. The van der Waals surface area contributed by atoms with Gasteiger partial charge >= 0.3 is 0 Å². The van der Waals surface area contributed by atoms with Crippen LogP contribution in [0.1, 0.15) is 19.4 Å². The lowest BCUT2D eigenvalue weighted by atomic mass is 10.2. The van der Waals surface area contributed by atoms with Crippen molar-refractivity contribution in [2.75, 3.05) is 18.2 Å². The van der Waals surface area contributed by atoms with E-state index in [1.54, 1.807) is 33.1 Å². The number of methoxy groups -OCH3 is 1. The molecule has 1 heterocycles. The van der Waals surface area contributed by atoms with E-state index in [1.807, 2.05) is 18.2 Å². The van der Waals surface area contributed by atoms with Crippen LogP contribution in [-0.2, 0) is 26.0 Å². The number of anilines is 1. The number of hydrogen-bond acceptors (Lipinski definition) is 6. The second kappa shape index (κ2) is 9.09. The molecule has 2 N–H and O–H groups in total. The number of benzene rings is 2. The van der Waals surface area contributed by atoms with E-state index in [9.17, 15) is 18.0 Å². The van der Waals surface area contributed by atoms with Crippen molar-refractivity contribution in [2.45, 2.75) is 35.4 Å². The van der Waals surface area contributed by atoms with Gasteiger partial charge in [0.15, 0.2) is 9.84 Å². The van der Waals surface area contributed by atoms with Gasteiger partial charge in [0.05, 0.1) is 28.7 Å². The van der Waals surface area contributed by atoms with Crippen LogP contribution in [0, 0.1) is 5.92 Å². The number of fused-ring (bicyclic) bond motifs is 1. The Kier molecular flexibility index (Phi) is 6.72. The van der Waals surface area contributed by atoms with Gasteiger partial charge in [-0.3, -0.25) is 9.59 Å². The lowest BCUT2D eigenvalue weighted by molar-refractivity contribution is -0.124. The van der Waals surface area contributed by atoms with Gasteiger partial charge in [-0.25, -0.2) is 8.42 Å². The molecule has 160 valence electrons. The molecule has 30 heavy (non-hydrogen) atoms. The number of amides is 2. The minimum Gasteiger partial charge on any atom is -0.497 e. The highest BCUT2D eigenvalue weighted by atomic mass is 32.2. The van der Waals surface area contributed by atoms with E-state index in [4.69, 9.17) is 4.74 Å². The molecular weight excluding hydrogens is 424 g/mol. The van der Waals surface area contributed by atoms with Crippen LogP contribution >= 0.6 is 11.8 Å². The van der Waals surface area contributed by atoms with Crippen LogP contribution in [0.2, 0.25) is 0 Å². The van der Waals surface area contributed by atoms with Gasteiger partial charge in [0.25, 0.3) is 0 Å². The van der Waals surface area contributed by atoms with Crippen LogP contribution in [0.15, 0.2) is 52.3 Å². The molecule has 2 aromatic rings. The van der Waals surface area contributed by atoms with Crippen LogP contribution in [0.3, 0.4) is 0 Å². The average Bonchev–Trinajstić information content (AvgIpc) is 2.72. The Bertz CT molecular complexity index is 1070. The summed E-state index contributed by atoms with van der Waals surface area (Å²) in [6.07, 6.45) is 0. The number of carbonyl (C=O) groups excluding carboxylic acids is 2. The first-order valence-electron chi connectivity index (χ1n) is 9.44. The second-order valence-electron chi connectivity index (χ2n) is 7.16. The molecule has 7 nitrogen and oxygen atoms in total. The first kappa shape index (κ1) is 22.2. The number of rotatable bonds is 7. The summed E-state index contributed by atoms with van der Waals surface area (Å²) >= 11 is 1.39. The van der Waals surface area contributed by atoms with Crippen LogP contribution in [-0.4, -0.2) is 38.3 Å². The molecule has 0 saturated heterocycles. The third-order valence-electron chi connectivity index (χ3n) is 4.76. The fraction of sp³-hybridized carbons (Fsp3) is 0.333. The molecule has 9 heteroatoms. The van der Waals surface area contributed by atoms with Gasteiger partial charge in [-0.1, -0.05) is 19.1 Å². The number of thioether (sulfide) groups is 1. The monoisotopic (exact) mass is 448 g/mol. The van der Waals surface area contributed by atoms with Crippen molar-refractivity contribution in [3.8, 4) is 5.75 Å². The Balaban J connectivity index is 1.65. The molecule has 0 radical (unpaired) electrons. The molecule has 0 aromatic heterocycles. The van der Waals surface area contributed by atoms with E-state index in [1.165, 1.54) is 23.9 Å². The number of sulfone groups is 1. The van der Waals surface area contributed by atoms with E-state index >= 15 is 0 Å². The van der Waals surface area contributed by atoms with Gasteiger partial charge in [0.2, 0.25) is 11.8 Å².